The van der Waals surface area contributed by atoms with Gasteiger partial charge in [-0.05, 0) is 111 Å². The third-order valence-electron chi connectivity index (χ3n) is 10.4. The van der Waals surface area contributed by atoms with Crippen LogP contribution in [0.15, 0.2) is 0 Å². The second kappa shape index (κ2) is 6.78. The first-order chi connectivity index (χ1) is 12.3. The van der Waals surface area contributed by atoms with Crippen LogP contribution in [0.3, 0.4) is 0 Å². The molecule has 4 aliphatic rings. The Hall–Kier alpha value is -0.0400. The van der Waals surface area contributed by atoms with Crippen molar-refractivity contribution in [3.8, 4) is 0 Å². The van der Waals surface area contributed by atoms with E-state index in [2.05, 4.69) is 34.6 Å². The highest BCUT2D eigenvalue weighted by Gasteiger charge is 2.62. The molecule has 0 aromatic heterocycles. The molecule has 4 rings (SSSR count). The second-order valence-corrected chi connectivity index (χ2v) is 11.6. The number of rotatable bonds is 3. The van der Waals surface area contributed by atoms with Gasteiger partial charge in [-0.15, -0.1) is 0 Å². The third-order valence-corrected chi connectivity index (χ3v) is 10.4. The molecule has 10 atom stereocenters. The zero-order chi connectivity index (χ0) is 18.7. The maximum Gasteiger partial charge on any atom is 0.0548 e. The number of hydrogen-bond donors (Lipinski definition) is 1. The van der Waals surface area contributed by atoms with Crippen molar-refractivity contribution >= 4 is 0 Å². The molecule has 4 saturated carbocycles. The largest absolute Gasteiger partial charge is 0.393 e. The summed E-state index contributed by atoms with van der Waals surface area (Å²) in [4.78, 5) is 0. The van der Waals surface area contributed by atoms with Crippen molar-refractivity contribution in [3.63, 3.8) is 0 Å². The third kappa shape index (κ3) is 2.73. The maximum absolute atomic E-state index is 10.5. The topological polar surface area (TPSA) is 20.2 Å². The lowest BCUT2D eigenvalue weighted by molar-refractivity contribution is -0.125. The minimum absolute atomic E-state index is 0.132. The van der Waals surface area contributed by atoms with Crippen LogP contribution in [-0.4, -0.2) is 11.2 Å². The fourth-order valence-corrected chi connectivity index (χ4v) is 9.45. The average molecular weight is 361 g/mol. The van der Waals surface area contributed by atoms with Gasteiger partial charge in [0.15, 0.2) is 0 Å². The van der Waals surface area contributed by atoms with Crippen molar-refractivity contribution in [2.75, 3.05) is 0 Å². The van der Waals surface area contributed by atoms with Crippen molar-refractivity contribution in [2.45, 2.75) is 105 Å². The van der Waals surface area contributed by atoms with E-state index in [1.54, 1.807) is 0 Å². The van der Waals surface area contributed by atoms with Gasteiger partial charge in [0.25, 0.3) is 0 Å². The zero-order valence-corrected chi connectivity index (χ0v) is 18.1. The highest BCUT2D eigenvalue weighted by molar-refractivity contribution is 5.11. The van der Waals surface area contributed by atoms with Gasteiger partial charge in [-0.3, -0.25) is 0 Å². The van der Waals surface area contributed by atoms with Gasteiger partial charge in [-0.25, -0.2) is 0 Å². The lowest BCUT2D eigenvalue weighted by atomic mass is 9.44. The van der Waals surface area contributed by atoms with E-state index >= 15 is 0 Å². The van der Waals surface area contributed by atoms with Crippen LogP contribution in [-0.2, 0) is 0 Å². The molecule has 4 aliphatic carbocycles. The Morgan fingerprint density at radius 3 is 2.38 bits per heavy atom. The highest BCUT2D eigenvalue weighted by Crippen LogP contribution is 2.69. The summed E-state index contributed by atoms with van der Waals surface area (Å²) < 4.78 is 0. The number of aliphatic hydroxyl groups excluding tert-OH is 1. The van der Waals surface area contributed by atoms with E-state index in [4.69, 9.17) is 0 Å². The van der Waals surface area contributed by atoms with E-state index in [1.165, 1.54) is 64.2 Å². The van der Waals surface area contributed by atoms with Crippen molar-refractivity contribution in [3.05, 3.63) is 0 Å². The smallest absolute Gasteiger partial charge is 0.0548 e. The summed E-state index contributed by atoms with van der Waals surface area (Å²) >= 11 is 0. The molecule has 0 bridgehead atoms. The van der Waals surface area contributed by atoms with Gasteiger partial charge in [-0.1, -0.05) is 40.5 Å². The summed E-state index contributed by atoms with van der Waals surface area (Å²) in [7, 11) is 0. The van der Waals surface area contributed by atoms with Crippen molar-refractivity contribution in [2.24, 2.45) is 52.3 Å². The van der Waals surface area contributed by atoms with Crippen LogP contribution >= 0.6 is 0 Å². The molecule has 150 valence electrons. The van der Waals surface area contributed by atoms with Crippen LogP contribution in [0.4, 0.5) is 0 Å². The Morgan fingerprint density at radius 2 is 1.69 bits per heavy atom. The fraction of sp³-hybridized carbons (Fsp3) is 1.00. The van der Waals surface area contributed by atoms with E-state index in [0.717, 1.165) is 29.6 Å². The van der Waals surface area contributed by atoms with Crippen LogP contribution in [0, 0.1) is 52.3 Å². The van der Waals surface area contributed by atoms with E-state index in [-0.39, 0.29) is 6.10 Å². The van der Waals surface area contributed by atoms with Crippen LogP contribution in [0.1, 0.15) is 98.8 Å². The van der Waals surface area contributed by atoms with Gasteiger partial charge < -0.3 is 5.11 Å². The molecule has 26 heavy (non-hydrogen) atoms. The Kier molecular flexibility index (Phi) is 5.03. The average Bonchev–Trinajstić information content (AvgIpc) is 2.85. The minimum atomic E-state index is -0.132. The predicted octanol–water partition coefficient (Wildman–Crippen LogP) is 6.69. The number of hydrogen-bond acceptors (Lipinski definition) is 1. The molecule has 0 radical (unpaired) electrons. The lowest BCUT2D eigenvalue weighted by Crippen LogP contribution is -2.54. The Bertz CT molecular complexity index is 512. The van der Waals surface area contributed by atoms with E-state index < -0.39 is 0 Å². The summed E-state index contributed by atoms with van der Waals surface area (Å²) in [5, 5.41) is 10.5. The Morgan fingerprint density at radius 1 is 0.962 bits per heavy atom. The van der Waals surface area contributed by atoms with Crippen molar-refractivity contribution < 1.29 is 5.11 Å². The van der Waals surface area contributed by atoms with E-state index in [1.807, 2.05) is 0 Å². The summed E-state index contributed by atoms with van der Waals surface area (Å²) in [6.45, 7) is 12.1. The van der Waals surface area contributed by atoms with Crippen LogP contribution in [0.5, 0.6) is 0 Å². The van der Waals surface area contributed by atoms with E-state index in [9.17, 15) is 5.11 Å². The summed E-state index contributed by atoms with van der Waals surface area (Å²) in [6, 6.07) is 0. The molecular weight excluding hydrogens is 316 g/mol. The predicted molar refractivity (Wildman–Crippen MR) is 110 cm³/mol. The number of aliphatic hydroxyl groups is 1. The molecule has 1 heteroatoms. The molecule has 4 fully saturated rings. The SMILES string of the molecule is CCCC1CCC2(C)C(CCC3C2CCC2(C)C3CC(C)C2C(C)O)C1. The Labute approximate surface area is 162 Å². The zero-order valence-electron chi connectivity index (χ0n) is 18.1. The first-order valence-electron chi connectivity index (χ1n) is 12.0. The van der Waals surface area contributed by atoms with Gasteiger partial charge >= 0.3 is 0 Å². The van der Waals surface area contributed by atoms with Crippen molar-refractivity contribution in [1.29, 1.82) is 0 Å². The maximum atomic E-state index is 10.5. The summed E-state index contributed by atoms with van der Waals surface area (Å²) in [6.07, 6.45) is 14.4. The Balaban J connectivity index is 1.56. The lowest BCUT2D eigenvalue weighted by Gasteiger charge is -2.61. The summed E-state index contributed by atoms with van der Waals surface area (Å²) in [5.74, 6) is 6.06. The van der Waals surface area contributed by atoms with Gasteiger partial charge in [0, 0.05) is 0 Å². The van der Waals surface area contributed by atoms with Crippen molar-refractivity contribution in [1.82, 2.24) is 0 Å². The van der Waals surface area contributed by atoms with Gasteiger partial charge in [-0.2, -0.15) is 0 Å². The molecule has 0 aliphatic heterocycles. The van der Waals surface area contributed by atoms with Gasteiger partial charge in [0.05, 0.1) is 6.10 Å². The molecule has 0 heterocycles. The normalized spacial score (nSPS) is 54.9. The molecule has 0 spiro atoms. The molecule has 10 unspecified atom stereocenters. The van der Waals surface area contributed by atoms with E-state index in [0.29, 0.717) is 22.7 Å². The second-order valence-electron chi connectivity index (χ2n) is 11.6. The quantitative estimate of drug-likeness (QED) is 0.594. The van der Waals surface area contributed by atoms with Crippen LogP contribution in [0.25, 0.3) is 0 Å². The van der Waals surface area contributed by atoms with Gasteiger partial charge in [0.1, 0.15) is 0 Å². The molecule has 1 nitrogen and oxygen atoms in total. The minimum Gasteiger partial charge on any atom is -0.393 e. The summed E-state index contributed by atoms with van der Waals surface area (Å²) in [5.41, 5.74) is 1.03. The first-order valence-corrected chi connectivity index (χ1v) is 12.0. The molecule has 0 amide bonds. The molecular formula is C25H44O. The van der Waals surface area contributed by atoms with Crippen LogP contribution in [0.2, 0.25) is 0 Å². The van der Waals surface area contributed by atoms with Gasteiger partial charge in [0.2, 0.25) is 0 Å². The first kappa shape index (κ1) is 19.3. The molecule has 0 aromatic carbocycles. The number of fused-ring (bicyclic) bond motifs is 5. The molecule has 0 aromatic rings. The standard InChI is InChI=1S/C25H44O/c1-6-7-18-10-12-24(4)19(15-18)8-9-20-21(24)11-13-25(5)22(20)14-16(2)23(25)17(3)26/h16-23,26H,6-15H2,1-5H3. The fourth-order valence-electron chi connectivity index (χ4n) is 9.45. The molecule has 1 N–H and O–H groups in total. The van der Waals surface area contributed by atoms with Crippen LogP contribution < -0.4 is 0 Å². The molecule has 0 saturated heterocycles. The highest BCUT2D eigenvalue weighted by atomic mass is 16.3. The monoisotopic (exact) mass is 360 g/mol.